The Hall–Kier alpha value is -3.35. The highest BCUT2D eigenvalue weighted by atomic mass is 79.9. The number of halogens is 2. The van der Waals surface area contributed by atoms with Gasteiger partial charge in [-0.3, -0.25) is 4.79 Å². The van der Waals surface area contributed by atoms with Crippen LogP contribution in [0.5, 0.6) is 11.5 Å². The van der Waals surface area contributed by atoms with Crippen LogP contribution in [-0.4, -0.2) is 37.2 Å². The van der Waals surface area contributed by atoms with Crippen molar-refractivity contribution in [3.8, 4) is 28.7 Å². The van der Waals surface area contributed by atoms with Gasteiger partial charge in [0.2, 0.25) is 0 Å². The summed E-state index contributed by atoms with van der Waals surface area (Å²) in [5.74, 6) is -0.666. The monoisotopic (exact) mass is 586 g/mol. The number of amides is 1. The molecule has 9 heteroatoms. The first kappa shape index (κ1) is 25.3. The number of benzene rings is 3. The molecule has 0 aliphatic heterocycles. The maximum Gasteiger partial charge on any atom is 0.326 e. The largest absolute Gasteiger partial charge is 0.496 e. The number of carboxylic acids is 1. The van der Waals surface area contributed by atoms with Gasteiger partial charge in [-0.15, -0.1) is 0 Å². The summed E-state index contributed by atoms with van der Waals surface area (Å²) in [6, 6.07) is 16.5. The molecule has 0 fully saturated rings. The highest BCUT2D eigenvalue weighted by Crippen LogP contribution is 2.39. The van der Waals surface area contributed by atoms with Crippen LogP contribution in [0.25, 0.3) is 11.1 Å². The summed E-state index contributed by atoms with van der Waals surface area (Å²) in [6.07, 6.45) is 0.0919. The summed E-state index contributed by atoms with van der Waals surface area (Å²) in [5.41, 5.74) is 2.91. The van der Waals surface area contributed by atoms with Gasteiger partial charge < -0.3 is 19.9 Å². The summed E-state index contributed by atoms with van der Waals surface area (Å²) < 4.78 is 12.2. The zero-order valence-electron chi connectivity index (χ0n) is 18.3. The molecule has 2 N–H and O–H groups in total. The van der Waals surface area contributed by atoms with Crippen LogP contribution >= 0.6 is 31.9 Å². The predicted octanol–water partition coefficient (Wildman–Crippen LogP) is 5.19. The van der Waals surface area contributed by atoms with Crippen molar-refractivity contribution < 1.29 is 24.2 Å². The van der Waals surface area contributed by atoms with Crippen molar-refractivity contribution >= 4 is 43.7 Å². The number of carbonyl (C=O) groups excluding carboxylic acids is 1. The molecule has 0 radical (unpaired) electrons. The summed E-state index contributed by atoms with van der Waals surface area (Å²) in [5, 5.41) is 21.5. The number of aliphatic carboxylic acids is 1. The lowest BCUT2D eigenvalue weighted by Crippen LogP contribution is -2.42. The van der Waals surface area contributed by atoms with Crippen molar-refractivity contribution in [3.63, 3.8) is 0 Å². The van der Waals surface area contributed by atoms with Crippen molar-refractivity contribution in [3.05, 3.63) is 80.2 Å². The number of rotatable bonds is 8. The van der Waals surface area contributed by atoms with Crippen molar-refractivity contribution in [1.82, 2.24) is 5.32 Å². The molecule has 0 saturated carbocycles. The smallest absolute Gasteiger partial charge is 0.326 e. The number of nitriles is 1. The Morgan fingerprint density at radius 1 is 1.03 bits per heavy atom. The summed E-state index contributed by atoms with van der Waals surface area (Å²) in [6.45, 7) is 0. The van der Waals surface area contributed by atoms with E-state index in [1.165, 1.54) is 14.2 Å². The predicted molar refractivity (Wildman–Crippen MR) is 134 cm³/mol. The lowest BCUT2D eigenvalue weighted by Gasteiger charge is -2.17. The van der Waals surface area contributed by atoms with E-state index in [9.17, 15) is 20.0 Å². The fourth-order valence-electron chi connectivity index (χ4n) is 3.41. The Balaban J connectivity index is 1.84. The lowest BCUT2D eigenvalue weighted by molar-refractivity contribution is -0.139. The molecule has 0 bridgehead atoms. The van der Waals surface area contributed by atoms with Crippen LogP contribution in [0.15, 0.2) is 63.5 Å². The number of hydrogen-bond donors (Lipinski definition) is 2. The Morgan fingerprint density at radius 2 is 1.65 bits per heavy atom. The molecule has 3 aromatic rings. The van der Waals surface area contributed by atoms with E-state index in [-0.39, 0.29) is 6.42 Å². The number of carboxylic acid groups (broad SMARTS) is 1. The third kappa shape index (κ3) is 5.76. The molecule has 34 heavy (non-hydrogen) atoms. The van der Waals surface area contributed by atoms with Crippen LogP contribution in [0.2, 0.25) is 0 Å². The van der Waals surface area contributed by atoms with Crippen molar-refractivity contribution in [2.24, 2.45) is 0 Å². The Bertz CT molecular complexity index is 1240. The number of carbonyl (C=O) groups is 2. The van der Waals surface area contributed by atoms with Crippen LogP contribution in [-0.2, 0) is 11.2 Å². The minimum atomic E-state index is -1.14. The second-order valence-corrected chi connectivity index (χ2v) is 9.03. The average Bonchev–Trinajstić information content (AvgIpc) is 2.84. The molecule has 1 atom stereocenters. The summed E-state index contributed by atoms with van der Waals surface area (Å²) >= 11 is 6.64. The van der Waals surface area contributed by atoms with Gasteiger partial charge in [-0.05, 0) is 57.4 Å². The first-order valence-electron chi connectivity index (χ1n) is 10.0. The van der Waals surface area contributed by atoms with E-state index in [1.807, 2.05) is 12.1 Å². The normalized spacial score (nSPS) is 11.3. The molecular weight excluding hydrogens is 568 g/mol. The van der Waals surface area contributed by atoms with Crippen LogP contribution in [0, 0.1) is 11.3 Å². The lowest BCUT2D eigenvalue weighted by atomic mass is 9.98. The van der Waals surface area contributed by atoms with Crippen LogP contribution in [0.1, 0.15) is 21.5 Å². The summed E-state index contributed by atoms with van der Waals surface area (Å²) in [4.78, 5) is 24.5. The minimum Gasteiger partial charge on any atom is -0.496 e. The molecule has 1 unspecified atom stereocenters. The van der Waals surface area contributed by atoms with Gasteiger partial charge in [-0.1, -0.05) is 40.2 Å². The fourth-order valence-corrected chi connectivity index (χ4v) is 4.20. The molecule has 0 spiro atoms. The van der Waals surface area contributed by atoms with Gasteiger partial charge in [0.25, 0.3) is 5.91 Å². The molecule has 0 aliphatic carbocycles. The molecule has 174 valence electrons. The Kier molecular flexibility index (Phi) is 8.31. The van der Waals surface area contributed by atoms with Gasteiger partial charge in [0.15, 0.2) is 0 Å². The SMILES string of the molecule is COc1cc(C#N)cc(OC)c1-c1ccc(CC(NC(=O)c2cc(Br)ccc2Br)C(=O)O)cc1. The van der Waals surface area contributed by atoms with E-state index in [4.69, 9.17) is 9.47 Å². The van der Waals surface area contributed by atoms with Crippen LogP contribution in [0.3, 0.4) is 0 Å². The highest BCUT2D eigenvalue weighted by molar-refractivity contribution is 9.11. The van der Waals surface area contributed by atoms with Gasteiger partial charge in [-0.2, -0.15) is 5.26 Å². The van der Waals surface area contributed by atoms with E-state index in [1.54, 1.807) is 42.5 Å². The second kappa shape index (κ2) is 11.2. The number of ether oxygens (including phenoxy) is 2. The van der Waals surface area contributed by atoms with Gasteiger partial charge in [0.05, 0.1) is 37.0 Å². The first-order chi connectivity index (χ1) is 16.3. The fraction of sp³-hybridized carbons (Fsp3) is 0.160. The van der Waals surface area contributed by atoms with E-state index in [0.717, 1.165) is 11.1 Å². The van der Waals surface area contributed by atoms with Gasteiger partial charge >= 0.3 is 5.97 Å². The number of nitrogens with one attached hydrogen (secondary N) is 1. The van der Waals surface area contributed by atoms with Gasteiger partial charge in [0, 0.05) is 15.4 Å². The molecule has 0 aromatic heterocycles. The maximum absolute atomic E-state index is 12.7. The molecule has 1 amide bonds. The second-order valence-electron chi connectivity index (χ2n) is 7.26. The molecular formula is C25H20Br2N2O5. The van der Waals surface area contributed by atoms with Crippen molar-refractivity contribution in [2.45, 2.75) is 12.5 Å². The quantitative estimate of drug-likeness (QED) is 0.375. The Morgan fingerprint density at radius 3 is 2.18 bits per heavy atom. The Labute approximate surface area is 213 Å². The number of nitrogens with zero attached hydrogens (tertiary/aromatic N) is 1. The van der Waals surface area contributed by atoms with E-state index in [0.29, 0.717) is 37.1 Å². The molecule has 0 heterocycles. The molecule has 0 saturated heterocycles. The van der Waals surface area contributed by atoms with Crippen molar-refractivity contribution in [2.75, 3.05) is 14.2 Å². The maximum atomic E-state index is 12.7. The topological polar surface area (TPSA) is 109 Å². The molecule has 3 rings (SSSR count). The van der Waals surface area contributed by atoms with E-state index >= 15 is 0 Å². The zero-order chi connectivity index (χ0) is 24.8. The molecule has 7 nitrogen and oxygen atoms in total. The third-order valence-corrected chi connectivity index (χ3v) is 6.28. The van der Waals surface area contributed by atoms with Crippen molar-refractivity contribution in [1.29, 1.82) is 5.26 Å². The van der Waals surface area contributed by atoms with Crippen LogP contribution in [0.4, 0.5) is 0 Å². The number of hydrogen-bond acceptors (Lipinski definition) is 5. The summed E-state index contributed by atoms with van der Waals surface area (Å²) in [7, 11) is 3.02. The van der Waals surface area contributed by atoms with E-state index < -0.39 is 17.9 Å². The van der Waals surface area contributed by atoms with E-state index in [2.05, 4.69) is 43.2 Å². The van der Waals surface area contributed by atoms with Crippen LogP contribution < -0.4 is 14.8 Å². The highest BCUT2D eigenvalue weighted by Gasteiger charge is 2.23. The zero-order valence-corrected chi connectivity index (χ0v) is 21.4. The minimum absolute atomic E-state index is 0.0919. The molecule has 0 aliphatic rings. The van der Waals surface area contributed by atoms with Gasteiger partial charge in [-0.25, -0.2) is 4.79 Å². The average molecular weight is 588 g/mol. The standard InChI is InChI=1S/C25H20Br2N2O5/c1-33-21-10-15(13-28)11-22(34-2)23(21)16-5-3-14(4-6-16)9-20(25(31)32)29-24(30)18-12-17(26)7-8-19(18)27/h3-8,10-12,20H,9H2,1-2H3,(H,29,30)(H,31,32). The number of methoxy groups -OCH3 is 2. The van der Waals surface area contributed by atoms with Gasteiger partial charge in [0.1, 0.15) is 17.5 Å². The molecule has 3 aromatic carbocycles. The third-order valence-electron chi connectivity index (χ3n) is 5.09. The first-order valence-corrected chi connectivity index (χ1v) is 11.6.